The maximum Gasteiger partial charge on any atom is 0.175 e. The minimum atomic E-state index is -3.29. The summed E-state index contributed by atoms with van der Waals surface area (Å²) in [6.07, 6.45) is 7.49. The van der Waals surface area contributed by atoms with Crippen LogP contribution in [0.3, 0.4) is 0 Å². The van der Waals surface area contributed by atoms with Crippen molar-refractivity contribution in [3.05, 3.63) is 143 Å². The molecule has 2 saturated heterocycles. The fourth-order valence-corrected chi connectivity index (χ4v) is 10.00. The minimum absolute atomic E-state index is 0.244. The van der Waals surface area contributed by atoms with Crippen LogP contribution in [-0.4, -0.2) is 55.9 Å². The Labute approximate surface area is 375 Å². The number of piperidine rings is 2. The molecule has 332 valence electrons. The maximum atomic E-state index is 13.9. The molecule has 2 aliphatic rings. The number of aryl methyl sites for hydroxylation is 2. The van der Waals surface area contributed by atoms with Crippen LogP contribution in [0.5, 0.6) is 5.75 Å². The zero-order valence-corrected chi connectivity index (χ0v) is 38.1. The van der Waals surface area contributed by atoms with Crippen molar-refractivity contribution >= 4 is 43.0 Å². The van der Waals surface area contributed by atoms with E-state index in [2.05, 4.69) is 46.2 Å². The van der Waals surface area contributed by atoms with Gasteiger partial charge in [-0.2, -0.15) is 0 Å². The maximum absolute atomic E-state index is 13.9. The van der Waals surface area contributed by atoms with E-state index in [9.17, 15) is 22.3 Å². The molecule has 0 saturated carbocycles. The van der Waals surface area contributed by atoms with Crippen molar-refractivity contribution in [1.29, 1.82) is 0 Å². The summed E-state index contributed by atoms with van der Waals surface area (Å²) in [6, 6.07) is 32.3. The molecular formula is C53H56F2N4O4S. The van der Waals surface area contributed by atoms with E-state index < -0.39 is 15.9 Å². The predicted molar refractivity (Wildman–Crippen MR) is 255 cm³/mol. The van der Waals surface area contributed by atoms with Gasteiger partial charge in [0.15, 0.2) is 9.84 Å². The van der Waals surface area contributed by atoms with Gasteiger partial charge in [0.1, 0.15) is 23.5 Å². The number of benzene rings is 5. The lowest BCUT2D eigenvalue weighted by molar-refractivity contribution is 0.199. The molecule has 11 heteroatoms. The number of hydrogen-bond donors (Lipinski definition) is 1. The summed E-state index contributed by atoms with van der Waals surface area (Å²) in [5.41, 5.74) is 11.2. The summed E-state index contributed by atoms with van der Waals surface area (Å²) in [7, 11) is -3.29. The summed E-state index contributed by atoms with van der Waals surface area (Å²) in [4.78, 5) is 14.7. The number of rotatable bonds is 9. The van der Waals surface area contributed by atoms with E-state index in [1.54, 1.807) is 55.5 Å². The lowest BCUT2D eigenvalue weighted by atomic mass is 9.91. The largest absolute Gasteiger partial charge is 0.486 e. The zero-order valence-electron chi connectivity index (χ0n) is 37.2. The van der Waals surface area contributed by atoms with Crippen molar-refractivity contribution < 1.29 is 27.0 Å². The van der Waals surface area contributed by atoms with Gasteiger partial charge in [-0.15, -0.1) is 0 Å². The summed E-state index contributed by atoms with van der Waals surface area (Å²) in [5.74, 6) is 0.0117. The van der Waals surface area contributed by atoms with Crippen molar-refractivity contribution in [3.8, 4) is 28.0 Å². The van der Waals surface area contributed by atoms with Crippen molar-refractivity contribution in [3.63, 3.8) is 0 Å². The Bertz CT molecular complexity index is 2880. The van der Waals surface area contributed by atoms with E-state index in [4.69, 9.17) is 14.7 Å². The lowest BCUT2D eigenvalue weighted by Gasteiger charge is -2.29. The third-order valence-corrected chi connectivity index (χ3v) is 13.6. The van der Waals surface area contributed by atoms with Crippen molar-refractivity contribution in [1.82, 2.24) is 9.97 Å². The monoisotopic (exact) mass is 882 g/mol. The Balaban J connectivity index is 0.000000184. The number of aromatic nitrogens is 2. The van der Waals surface area contributed by atoms with Crippen molar-refractivity contribution in [2.24, 2.45) is 0 Å². The molecule has 8 nitrogen and oxygen atoms in total. The van der Waals surface area contributed by atoms with Crippen LogP contribution in [0.2, 0.25) is 0 Å². The zero-order chi connectivity index (χ0) is 45.1. The summed E-state index contributed by atoms with van der Waals surface area (Å²) < 4.78 is 57.4. The van der Waals surface area contributed by atoms with Gasteiger partial charge in [0.25, 0.3) is 0 Å². The first kappa shape index (κ1) is 44.7. The van der Waals surface area contributed by atoms with Crippen molar-refractivity contribution in [2.45, 2.75) is 83.3 Å². The Morgan fingerprint density at radius 2 is 1.02 bits per heavy atom. The van der Waals surface area contributed by atoms with Crippen LogP contribution in [0.25, 0.3) is 44.1 Å². The van der Waals surface area contributed by atoms with E-state index in [0.29, 0.717) is 5.75 Å². The Kier molecular flexibility index (Phi) is 13.3. The molecule has 0 bridgehead atoms. The van der Waals surface area contributed by atoms with Crippen LogP contribution in [0.15, 0.2) is 114 Å². The molecule has 2 atom stereocenters. The van der Waals surface area contributed by atoms with Gasteiger partial charge in [0.2, 0.25) is 0 Å². The SMILES string of the molecule is Cc1nc2ccc(N3CCCCC3)cc2c(-c2ccc(F)cc2)c1C(C)O.Cc1nc2ccc(N3CCCCC3)cc2c(-c2ccc(F)cc2)c1C(C)Oc1ccc(S(C)(=O)=O)cc1. The highest BCUT2D eigenvalue weighted by atomic mass is 32.2. The third kappa shape index (κ3) is 9.76. The average Bonchev–Trinajstić information content (AvgIpc) is 3.29. The molecule has 4 heterocycles. The molecule has 5 aromatic carbocycles. The van der Waals surface area contributed by atoms with Crippen LogP contribution in [0.1, 0.15) is 87.1 Å². The number of pyridine rings is 2. The van der Waals surface area contributed by atoms with Crippen LogP contribution in [-0.2, 0) is 9.84 Å². The molecule has 0 amide bonds. The van der Waals surface area contributed by atoms with E-state index in [1.807, 2.05) is 20.8 Å². The van der Waals surface area contributed by atoms with E-state index in [0.717, 1.165) is 98.4 Å². The van der Waals surface area contributed by atoms with Gasteiger partial charge < -0.3 is 19.6 Å². The second-order valence-electron chi connectivity index (χ2n) is 17.2. The lowest BCUT2D eigenvalue weighted by Crippen LogP contribution is -2.29. The van der Waals surface area contributed by atoms with Gasteiger partial charge in [-0.1, -0.05) is 24.3 Å². The second-order valence-corrected chi connectivity index (χ2v) is 19.2. The van der Waals surface area contributed by atoms with E-state index >= 15 is 0 Å². The van der Waals surface area contributed by atoms with E-state index in [1.165, 1.54) is 74.7 Å². The minimum Gasteiger partial charge on any atom is -0.486 e. The highest BCUT2D eigenvalue weighted by Gasteiger charge is 2.24. The van der Waals surface area contributed by atoms with Crippen LogP contribution < -0.4 is 14.5 Å². The third-order valence-electron chi connectivity index (χ3n) is 12.5. The number of halogens is 2. The predicted octanol–water partition coefficient (Wildman–Crippen LogP) is 12.3. The quantitative estimate of drug-likeness (QED) is 0.153. The number of sulfone groups is 1. The van der Waals surface area contributed by atoms with Gasteiger partial charge in [-0.3, -0.25) is 9.97 Å². The Morgan fingerprint density at radius 1 is 0.594 bits per heavy atom. The average molecular weight is 883 g/mol. The summed E-state index contributed by atoms with van der Waals surface area (Å²) >= 11 is 0. The fourth-order valence-electron chi connectivity index (χ4n) is 9.37. The molecule has 7 aromatic rings. The van der Waals surface area contributed by atoms with Gasteiger partial charge in [0.05, 0.1) is 22.0 Å². The van der Waals surface area contributed by atoms with Gasteiger partial charge in [-0.25, -0.2) is 17.2 Å². The molecule has 1 N–H and O–H groups in total. The second kappa shape index (κ2) is 19.1. The molecule has 0 aliphatic carbocycles. The molecule has 2 aromatic heterocycles. The number of hydrogen-bond acceptors (Lipinski definition) is 8. The summed E-state index contributed by atoms with van der Waals surface area (Å²) in [5, 5.41) is 12.5. The first-order valence-corrected chi connectivity index (χ1v) is 24.2. The number of nitrogens with zero attached hydrogens (tertiary/aromatic N) is 4. The number of aliphatic hydroxyl groups excluding tert-OH is 1. The molecule has 64 heavy (non-hydrogen) atoms. The first-order chi connectivity index (χ1) is 30.7. The van der Waals surface area contributed by atoms with Crippen molar-refractivity contribution in [2.75, 3.05) is 42.2 Å². The molecule has 2 fully saturated rings. The molecule has 0 spiro atoms. The van der Waals surface area contributed by atoms with Crippen LogP contribution in [0.4, 0.5) is 20.2 Å². The highest BCUT2D eigenvalue weighted by molar-refractivity contribution is 7.90. The smallest absolute Gasteiger partial charge is 0.175 e. The molecule has 2 aliphatic heterocycles. The van der Waals surface area contributed by atoms with Crippen LogP contribution in [0, 0.1) is 25.5 Å². The van der Waals surface area contributed by atoms with E-state index in [-0.39, 0.29) is 22.6 Å². The Morgan fingerprint density at radius 3 is 1.44 bits per heavy atom. The van der Waals surface area contributed by atoms with Gasteiger partial charge in [-0.05, 0) is 173 Å². The summed E-state index contributed by atoms with van der Waals surface area (Å²) in [6.45, 7) is 11.8. The molecule has 2 unspecified atom stereocenters. The number of aliphatic hydroxyl groups is 1. The first-order valence-electron chi connectivity index (χ1n) is 22.3. The topological polar surface area (TPSA) is 95.9 Å². The number of fused-ring (bicyclic) bond motifs is 2. The number of ether oxygens (including phenoxy) is 1. The van der Waals surface area contributed by atoms with Gasteiger partial charge >= 0.3 is 0 Å². The number of anilines is 2. The molecule has 0 radical (unpaired) electrons. The molecular weight excluding hydrogens is 827 g/mol. The van der Waals surface area contributed by atoms with Crippen LogP contribution >= 0.6 is 0 Å². The van der Waals surface area contributed by atoms with Gasteiger partial charge in [0, 0.05) is 77.1 Å². The Hall–Kier alpha value is -5.91. The standard InChI is InChI=1S/C30H31FN2O3S.C23H25FN2O/c1-20-29(21(2)36-25-12-14-26(15-13-25)37(3,34)35)30(22-7-9-23(31)10-8-22)27-19-24(11-16-28(27)32-20)33-17-5-4-6-18-33;1-15-22(16(2)27)23(17-6-8-18(24)9-7-17)20-14-19(10-11-21(20)25-15)26-12-4-3-5-13-26/h7-16,19,21H,4-6,17-18H2,1-3H3;6-11,14,16,27H,3-5,12-13H2,1-2H3. The fraction of sp³-hybridized carbons (Fsp3) is 0.321. The highest BCUT2D eigenvalue weighted by Crippen LogP contribution is 2.41. The molecule has 9 rings (SSSR count). The normalized spacial score (nSPS) is 15.4.